The van der Waals surface area contributed by atoms with E-state index in [4.69, 9.17) is 4.74 Å². The van der Waals surface area contributed by atoms with Crippen molar-refractivity contribution in [2.45, 2.75) is 61.1 Å². The van der Waals surface area contributed by atoms with Crippen LogP contribution in [0.4, 0.5) is 0 Å². The molecule has 2 aliphatic rings. The van der Waals surface area contributed by atoms with E-state index in [-0.39, 0.29) is 16.8 Å². The number of imidazole rings is 1. The Labute approximate surface area is 153 Å². The van der Waals surface area contributed by atoms with Gasteiger partial charge in [-0.25, -0.2) is 9.78 Å². The number of hydrogen-bond acceptors (Lipinski definition) is 4. The molecule has 0 radical (unpaired) electrons. The summed E-state index contributed by atoms with van der Waals surface area (Å²) in [5, 5.41) is 0. The zero-order chi connectivity index (χ0) is 17.3. The molecule has 1 aliphatic carbocycles. The lowest BCUT2D eigenvalue weighted by molar-refractivity contribution is 0.0511. The second-order valence-electron chi connectivity index (χ2n) is 7.01. The zero-order valence-electron chi connectivity index (χ0n) is 14.6. The van der Waals surface area contributed by atoms with E-state index in [1.807, 2.05) is 11.5 Å². The van der Waals surface area contributed by atoms with Crippen molar-refractivity contribution in [3.05, 3.63) is 48.0 Å². The lowest BCUT2D eigenvalue weighted by Crippen LogP contribution is -2.35. The van der Waals surface area contributed by atoms with Gasteiger partial charge in [-0.1, -0.05) is 37.5 Å². The highest BCUT2D eigenvalue weighted by Gasteiger charge is 2.41. The third kappa shape index (κ3) is 3.10. The first kappa shape index (κ1) is 16.7. The van der Waals surface area contributed by atoms with Gasteiger partial charge in [0, 0.05) is 9.64 Å². The quantitative estimate of drug-likeness (QED) is 0.738. The molecule has 5 heteroatoms. The number of hydrogen-bond donors (Lipinski definition) is 0. The molecular weight excluding hydrogens is 332 g/mol. The van der Waals surface area contributed by atoms with Crippen LogP contribution in [0.5, 0.6) is 0 Å². The lowest BCUT2D eigenvalue weighted by Gasteiger charge is -2.44. The third-order valence-electron chi connectivity index (χ3n) is 5.42. The summed E-state index contributed by atoms with van der Waals surface area (Å²) in [6.07, 6.45) is 10.9. The van der Waals surface area contributed by atoms with Crippen LogP contribution in [0.15, 0.2) is 41.7 Å². The Morgan fingerprint density at radius 3 is 2.92 bits per heavy atom. The maximum Gasteiger partial charge on any atom is 0.356 e. The molecule has 1 aromatic heterocycles. The fraction of sp³-hybridized carbons (Fsp3) is 0.500. The summed E-state index contributed by atoms with van der Waals surface area (Å²) in [6.45, 7) is 2.22. The standard InChI is InChI=1S/C20H24N2O2S/c1-2-24-19(23)17-13-21-14-22(17)16-12-20(10-6-3-7-11-20)25-18-9-5-4-8-15(16)18/h4-5,8-9,13-14,16H,2-3,6-7,10-12H2,1H3. The number of rotatable bonds is 3. The van der Waals surface area contributed by atoms with Crippen LogP contribution in [0.2, 0.25) is 0 Å². The molecule has 132 valence electrons. The van der Waals surface area contributed by atoms with Gasteiger partial charge in [0.1, 0.15) is 5.69 Å². The topological polar surface area (TPSA) is 44.1 Å². The SMILES string of the molecule is CCOC(=O)c1cncn1C1CC2(CCCCC2)Sc2ccccc21. The number of aromatic nitrogens is 2. The first-order valence-electron chi connectivity index (χ1n) is 9.19. The molecule has 1 spiro atoms. The molecule has 25 heavy (non-hydrogen) atoms. The minimum absolute atomic E-state index is 0.150. The monoisotopic (exact) mass is 356 g/mol. The predicted molar refractivity (Wildman–Crippen MR) is 99.1 cm³/mol. The maximum atomic E-state index is 12.4. The average Bonchev–Trinajstić information content (AvgIpc) is 3.11. The molecule has 0 amide bonds. The summed E-state index contributed by atoms with van der Waals surface area (Å²) >= 11 is 2.06. The first-order chi connectivity index (χ1) is 12.2. The van der Waals surface area contributed by atoms with Crippen LogP contribution in [0, 0.1) is 0 Å². The minimum Gasteiger partial charge on any atom is -0.461 e. The van der Waals surface area contributed by atoms with E-state index in [0.29, 0.717) is 12.3 Å². The van der Waals surface area contributed by atoms with Gasteiger partial charge in [-0.3, -0.25) is 0 Å². The van der Waals surface area contributed by atoms with Gasteiger partial charge < -0.3 is 9.30 Å². The Kier molecular flexibility index (Phi) is 4.59. The van der Waals surface area contributed by atoms with Crippen molar-refractivity contribution in [1.82, 2.24) is 9.55 Å². The molecule has 4 nitrogen and oxygen atoms in total. The van der Waals surface area contributed by atoms with Gasteiger partial charge >= 0.3 is 5.97 Å². The van der Waals surface area contributed by atoms with Crippen molar-refractivity contribution in [3.63, 3.8) is 0 Å². The Hall–Kier alpha value is -1.75. The zero-order valence-corrected chi connectivity index (χ0v) is 15.4. The van der Waals surface area contributed by atoms with Crippen LogP contribution in [0.1, 0.15) is 67.5 Å². The fourth-order valence-corrected chi connectivity index (χ4v) is 5.92. The third-order valence-corrected chi connectivity index (χ3v) is 7.02. The van der Waals surface area contributed by atoms with E-state index < -0.39 is 0 Å². The van der Waals surface area contributed by atoms with Gasteiger partial charge in [0.15, 0.2) is 0 Å². The summed E-state index contributed by atoms with van der Waals surface area (Å²) in [5.41, 5.74) is 1.85. The number of esters is 1. The molecule has 1 unspecified atom stereocenters. The molecule has 0 bridgehead atoms. The second-order valence-corrected chi connectivity index (χ2v) is 8.52. The molecule has 0 saturated heterocycles. The van der Waals surface area contributed by atoms with Crippen LogP contribution in [-0.4, -0.2) is 26.9 Å². The van der Waals surface area contributed by atoms with Crippen molar-refractivity contribution >= 4 is 17.7 Å². The van der Waals surface area contributed by atoms with E-state index >= 15 is 0 Å². The molecule has 1 fully saturated rings. The second kappa shape index (κ2) is 6.87. The summed E-state index contributed by atoms with van der Waals surface area (Å²) in [6, 6.07) is 8.77. The highest BCUT2D eigenvalue weighted by Crippen LogP contribution is 2.55. The van der Waals surface area contributed by atoms with Gasteiger partial charge in [-0.05, 0) is 37.8 Å². The first-order valence-corrected chi connectivity index (χ1v) is 10.0. The highest BCUT2D eigenvalue weighted by atomic mass is 32.2. The molecule has 0 N–H and O–H groups in total. The lowest BCUT2D eigenvalue weighted by atomic mass is 9.81. The summed E-state index contributed by atoms with van der Waals surface area (Å²) in [7, 11) is 0. The summed E-state index contributed by atoms with van der Waals surface area (Å²) in [5.74, 6) is -0.284. The normalized spacial score (nSPS) is 21.7. The van der Waals surface area contributed by atoms with Crippen LogP contribution >= 0.6 is 11.8 Å². The van der Waals surface area contributed by atoms with E-state index in [9.17, 15) is 4.79 Å². The predicted octanol–water partition coefficient (Wildman–Crippen LogP) is 4.85. The molecule has 1 aliphatic heterocycles. The molecule has 4 rings (SSSR count). The molecule has 1 saturated carbocycles. The van der Waals surface area contributed by atoms with Crippen LogP contribution < -0.4 is 0 Å². The van der Waals surface area contributed by atoms with E-state index in [1.54, 1.807) is 12.5 Å². The summed E-state index contributed by atoms with van der Waals surface area (Å²) < 4.78 is 7.56. The van der Waals surface area contributed by atoms with Gasteiger partial charge in [-0.15, -0.1) is 11.8 Å². The van der Waals surface area contributed by atoms with Crippen molar-refractivity contribution in [2.24, 2.45) is 0 Å². The number of carbonyl (C=O) groups is 1. The van der Waals surface area contributed by atoms with Crippen LogP contribution in [0.25, 0.3) is 0 Å². The maximum absolute atomic E-state index is 12.4. The Balaban J connectivity index is 1.76. The van der Waals surface area contributed by atoms with E-state index in [2.05, 4.69) is 41.0 Å². The van der Waals surface area contributed by atoms with Crippen molar-refractivity contribution in [1.29, 1.82) is 0 Å². The highest BCUT2D eigenvalue weighted by molar-refractivity contribution is 8.00. The summed E-state index contributed by atoms with van der Waals surface area (Å²) in [4.78, 5) is 18.0. The number of carbonyl (C=O) groups excluding carboxylic acids is 1. The molecule has 1 aromatic carbocycles. The smallest absolute Gasteiger partial charge is 0.356 e. The van der Waals surface area contributed by atoms with Gasteiger partial charge in [0.25, 0.3) is 0 Å². The molecule has 2 aromatic rings. The van der Waals surface area contributed by atoms with Gasteiger partial charge in [0.05, 0.1) is 25.2 Å². The number of ether oxygens (including phenoxy) is 1. The Morgan fingerprint density at radius 2 is 2.12 bits per heavy atom. The molecule has 1 atom stereocenters. The van der Waals surface area contributed by atoms with Gasteiger partial charge in [0.2, 0.25) is 0 Å². The fourth-order valence-electron chi connectivity index (χ4n) is 4.25. The minimum atomic E-state index is -0.284. The average molecular weight is 356 g/mol. The number of nitrogens with zero attached hydrogens (tertiary/aromatic N) is 2. The van der Waals surface area contributed by atoms with Gasteiger partial charge in [-0.2, -0.15) is 0 Å². The Bertz CT molecular complexity index is 765. The van der Waals surface area contributed by atoms with E-state index in [1.165, 1.54) is 42.6 Å². The molecular formula is C20H24N2O2S. The number of fused-ring (bicyclic) bond motifs is 1. The molecule has 2 heterocycles. The largest absolute Gasteiger partial charge is 0.461 e. The number of thioether (sulfide) groups is 1. The Morgan fingerprint density at radius 1 is 1.32 bits per heavy atom. The van der Waals surface area contributed by atoms with Crippen molar-refractivity contribution < 1.29 is 9.53 Å². The van der Waals surface area contributed by atoms with Crippen LogP contribution in [0.3, 0.4) is 0 Å². The van der Waals surface area contributed by atoms with Crippen molar-refractivity contribution in [2.75, 3.05) is 6.61 Å². The van der Waals surface area contributed by atoms with Crippen LogP contribution in [-0.2, 0) is 4.74 Å². The number of benzene rings is 1. The van der Waals surface area contributed by atoms with Crippen molar-refractivity contribution in [3.8, 4) is 0 Å². The van der Waals surface area contributed by atoms with E-state index in [0.717, 1.165) is 6.42 Å².